The minimum Gasteiger partial charge on any atom is -0.385 e. The normalized spacial score (nSPS) is 17.7. The van der Waals surface area contributed by atoms with Gasteiger partial charge in [0.05, 0.1) is 12.2 Å². The summed E-state index contributed by atoms with van der Waals surface area (Å²) in [6, 6.07) is 16.8. The summed E-state index contributed by atoms with van der Waals surface area (Å²) < 4.78 is 6.72. The molecule has 0 saturated heterocycles. The van der Waals surface area contributed by atoms with Crippen LogP contribution >= 0.6 is 11.6 Å². The smallest absolute Gasteiger partial charge is 0.277 e. The van der Waals surface area contributed by atoms with Crippen LogP contribution in [-0.2, 0) is 16.1 Å². The van der Waals surface area contributed by atoms with Gasteiger partial charge in [-0.3, -0.25) is 19.2 Å². The van der Waals surface area contributed by atoms with Gasteiger partial charge in [-0.05, 0) is 50.1 Å². The molecule has 1 aromatic heterocycles. The number of nitrogens with zero attached hydrogens (tertiary/aromatic N) is 3. The molecule has 8 heteroatoms. The molecule has 0 saturated carbocycles. The van der Waals surface area contributed by atoms with E-state index < -0.39 is 5.54 Å². The number of nitrogens with one attached hydrogen (secondary N) is 1. The van der Waals surface area contributed by atoms with Crippen molar-refractivity contribution < 1.29 is 14.3 Å². The molecule has 3 aromatic rings. The maximum Gasteiger partial charge on any atom is 0.277 e. The van der Waals surface area contributed by atoms with Gasteiger partial charge in [0.1, 0.15) is 11.2 Å². The summed E-state index contributed by atoms with van der Waals surface area (Å²) >= 11 is 6.17. The lowest BCUT2D eigenvalue weighted by atomic mass is 9.93. The second-order valence-corrected chi connectivity index (χ2v) is 8.82. The molecular weight excluding hydrogens is 440 g/mol. The first-order chi connectivity index (χ1) is 15.8. The van der Waals surface area contributed by atoms with Gasteiger partial charge in [0.2, 0.25) is 5.91 Å². The van der Waals surface area contributed by atoms with Crippen LogP contribution in [0.5, 0.6) is 0 Å². The molecule has 7 nitrogen and oxygen atoms in total. The molecule has 4 rings (SSSR count). The van der Waals surface area contributed by atoms with Crippen molar-refractivity contribution in [2.75, 3.05) is 25.2 Å². The first kappa shape index (κ1) is 23.0. The van der Waals surface area contributed by atoms with Gasteiger partial charge in [0, 0.05) is 36.5 Å². The number of anilines is 1. The van der Waals surface area contributed by atoms with E-state index in [0.29, 0.717) is 41.7 Å². The van der Waals surface area contributed by atoms with Crippen LogP contribution in [0.4, 0.5) is 5.69 Å². The van der Waals surface area contributed by atoms with Gasteiger partial charge < -0.3 is 10.1 Å². The van der Waals surface area contributed by atoms with Crippen molar-refractivity contribution in [1.29, 1.82) is 0 Å². The van der Waals surface area contributed by atoms with Crippen molar-refractivity contribution in [2.24, 2.45) is 0 Å². The Morgan fingerprint density at radius 3 is 2.67 bits per heavy atom. The number of amides is 2. The largest absolute Gasteiger partial charge is 0.385 e. The Morgan fingerprint density at radius 1 is 1.21 bits per heavy atom. The number of hydrogen-bond acceptors (Lipinski definition) is 4. The van der Waals surface area contributed by atoms with Crippen LogP contribution in [-0.4, -0.2) is 47.4 Å². The number of hydrogen-bond donors (Lipinski definition) is 1. The van der Waals surface area contributed by atoms with Gasteiger partial charge >= 0.3 is 0 Å². The number of halogens is 1. The number of carbonyl (C=O) groups is 2. The third-order valence-corrected chi connectivity index (χ3v) is 6.16. The zero-order valence-corrected chi connectivity index (χ0v) is 19.7. The molecule has 0 fully saturated rings. The molecule has 1 unspecified atom stereocenters. The van der Waals surface area contributed by atoms with Crippen molar-refractivity contribution in [3.63, 3.8) is 0 Å². The molecule has 1 atom stereocenters. The van der Waals surface area contributed by atoms with Crippen LogP contribution in [0.15, 0.2) is 54.6 Å². The van der Waals surface area contributed by atoms with E-state index in [2.05, 4.69) is 10.4 Å². The molecule has 0 aliphatic carbocycles. The van der Waals surface area contributed by atoms with Crippen LogP contribution in [0.2, 0.25) is 5.02 Å². The van der Waals surface area contributed by atoms with Gasteiger partial charge in [0.25, 0.3) is 5.91 Å². The number of methoxy groups -OCH3 is 1. The lowest BCUT2D eigenvalue weighted by Gasteiger charge is -2.43. The summed E-state index contributed by atoms with van der Waals surface area (Å²) in [5.41, 5.74) is 2.31. The lowest BCUT2D eigenvalue weighted by Crippen LogP contribution is -2.64. The van der Waals surface area contributed by atoms with E-state index in [4.69, 9.17) is 16.3 Å². The van der Waals surface area contributed by atoms with Gasteiger partial charge in [-0.2, -0.15) is 5.10 Å². The Hall–Kier alpha value is -3.16. The Labute approximate surface area is 198 Å². The molecule has 2 amide bonds. The minimum absolute atomic E-state index is 0.221. The van der Waals surface area contributed by atoms with Crippen molar-refractivity contribution in [3.8, 4) is 11.3 Å². The molecule has 0 spiro atoms. The molecule has 0 bridgehead atoms. The van der Waals surface area contributed by atoms with Crippen molar-refractivity contribution in [2.45, 2.75) is 32.4 Å². The summed E-state index contributed by atoms with van der Waals surface area (Å²) in [4.78, 5) is 28.9. The highest BCUT2D eigenvalue weighted by atomic mass is 35.5. The first-order valence-corrected chi connectivity index (χ1v) is 11.2. The maximum atomic E-state index is 13.8. The molecule has 1 aliphatic rings. The molecule has 33 heavy (non-hydrogen) atoms. The van der Waals surface area contributed by atoms with E-state index in [1.165, 1.54) is 0 Å². The van der Waals surface area contributed by atoms with E-state index >= 15 is 0 Å². The van der Waals surface area contributed by atoms with Crippen LogP contribution in [0, 0.1) is 6.92 Å². The predicted octanol–water partition coefficient (Wildman–Crippen LogP) is 4.08. The number of aromatic nitrogens is 2. The maximum absolute atomic E-state index is 13.8. The summed E-state index contributed by atoms with van der Waals surface area (Å²) in [5, 5.41) is 8.21. The lowest BCUT2D eigenvalue weighted by molar-refractivity contribution is -0.126. The van der Waals surface area contributed by atoms with Crippen molar-refractivity contribution in [1.82, 2.24) is 15.1 Å². The second kappa shape index (κ2) is 9.37. The summed E-state index contributed by atoms with van der Waals surface area (Å²) in [5.74, 6) is -0.528. The number of aryl methyl sites for hydroxylation is 1. The van der Waals surface area contributed by atoms with E-state index in [1.807, 2.05) is 37.3 Å². The van der Waals surface area contributed by atoms with Gasteiger partial charge in [-0.25, -0.2) is 0 Å². The Kier molecular flexibility index (Phi) is 6.54. The zero-order chi connectivity index (χ0) is 23.6. The van der Waals surface area contributed by atoms with E-state index in [-0.39, 0.29) is 18.4 Å². The van der Waals surface area contributed by atoms with Gasteiger partial charge in [-0.1, -0.05) is 41.9 Å². The topological polar surface area (TPSA) is 76.5 Å². The fourth-order valence-electron chi connectivity index (χ4n) is 4.19. The number of benzene rings is 2. The van der Waals surface area contributed by atoms with Crippen LogP contribution in [0.3, 0.4) is 0 Å². The Balaban J connectivity index is 1.77. The third kappa shape index (κ3) is 4.38. The quantitative estimate of drug-likeness (QED) is 0.532. The van der Waals surface area contributed by atoms with Crippen LogP contribution in [0.1, 0.15) is 29.4 Å². The second-order valence-electron chi connectivity index (χ2n) is 8.39. The standard InChI is InChI=1S/C25H27ClN4O3/c1-17-14-19(26)10-11-21(17)30-23(31)22-15-20(18-8-5-4-6-9-18)28-29(22)16-25(30,2)24(32)27-12-7-13-33-3/h4-6,8-11,14-15H,7,12-13,16H2,1-3H3,(H,27,32). The molecular formula is C25H27ClN4O3. The average molecular weight is 467 g/mol. The Morgan fingerprint density at radius 2 is 1.97 bits per heavy atom. The van der Waals surface area contributed by atoms with Crippen molar-refractivity contribution in [3.05, 3.63) is 70.9 Å². The summed E-state index contributed by atoms with van der Waals surface area (Å²) in [6.45, 7) is 4.87. The minimum atomic E-state index is -1.18. The zero-order valence-electron chi connectivity index (χ0n) is 19.0. The van der Waals surface area contributed by atoms with E-state index in [1.54, 1.807) is 47.9 Å². The molecule has 2 heterocycles. The first-order valence-electron chi connectivity index (χ1n) is 10.9. The SMILES string of the molecule is COCCCNC(=O)C1(C)Cn2nc(-c3ccccc3)cc2C(=O)N1c1ccc(Cl)cc1C. The number of ether oxygens (including phenoxy) is 1. The highest BCUT2D eigenvalue weighted by molar-refractivity contribution is 6.30. The molecule has 172 valence electrons. The predicted molar refractivity (Wildman–Crippen MR) is 129 cm³/mol. The number of rotatable bonds is 7. The Bertz CT molecular complexity index is 1180. The van der Waals surface area contributed by atoms with Gasteiger partial charge in [0.15, 0.2) is 0 Å². The van der Waals surface area contributed by atoms with E-state index in [9.17, 15) is 9.59 Å². The van der Waals surface area contributed by atoms with Crippen LogP contribution in [0.25, 0.3) is 11.3 Å². The fraction of sp³-hybridized carbons (Fsp3) is 0.320. The highest BCUT2D eigenvalue weighted by Crippen LogP contribution is 2.36. The van der Waals surface area contributed by atoms with E-state index in [0.717, 1.165) is 11.1 Å². The average Bonchev–Trinajstić information content (AvgIpc) is 3.22. The molecule has 2 aromatic carbocycles. The fourth-order valence-corrected chi connectivity index (χ4v) is 4.41. The molecule has 1 N–H and O–H groups in total. The highest BCUT2D eigenvalue weighted by Gasteiger charge is 2.49. The summed E-state index contributed by atoms with van der Waals surface area (Å²) in [7, 11) is 1.62. The van der Waals surface area contributed by atoms with Gasteiger partial charge in [-0.15, -0.1) is 0 Å². The molecule has 0 radical (unpaired) electrons. The number of fused-ring (bicyclic) bond motifs is 1. The van der Waals surface area contributed by atoms with Crippen molar-refractivity contribution >= 4 is 29.1 Å². The summed E-state index contributed by atoms with van der Waals surface area (Å²) in [6.07, 6.45) is 0.678. The monoisotopic (exact) mass is 466 g/mol. The van der Waals surface area contributed by atoms with Crippen LogP contribution < -0.4 is 10.2 Å². The third-order valence-electron chi connectivity index (χ3n) is 5.92. The molecule has 1 aliphatic heterocycles. The number of carbonyl (C=O) groups excluding carboxylic acids is 2.